The fourth-order valence-electron chi connectivity index (χ4n) is 1.98. The molecular weight excluding hydrogens is 306 g/mol. The van der Waals surface area contributed by atoms with E-state index in [4.69, 9.17) is 0 Å². The van der Waals surface area contributed by atoms with Gasteiger partial charge in [-0.2, -0.15) is 0 Å². The summed E-state index contributed by atoms with van der Waals surface area (Å²) in [4.78, 5) is 11.8. The Bertz CT molecular complexity index is 438. The molecule has 1 fully saturated rings. The zero-order valence-electron chi connectivity index (χ0n) is 9.60. The summed E-state index contributed by atoms with van der Waals surface area (Å²) in [6.45, 7) is 1.60. The highest BCUT2D eigenvalue weighted by molar-refractivity contribution is 9.10. The summed E-state index contributed by atoms with van der Waals surface area (Å²) >= 11 is 2.97. The van der Waals surface area contributed by atoms with Gasteiger partial charge in [-0.15, -0.1) is 0 Å². The van der Waals surface area contributed by atoms with E-state index in [9.17, 15) is 13.6 Å². The van der Waals surface area contributed by atoms with Crippen LogP contribution in [0.15, 0.2) is 16.6 Å². The van der Waals surface area contributed by atoms with E-state index in [0.29, 0.717) is 0 Å². The molecule has 0 atom stereocenters. The third-order valence-electron chi connectivity index (χ3n) is 2.91. The molecule has 2 N–H and O–H groups in total. The normalized spacial score (nSPS) is 16.6. The number of hydrogen-bond donors (Lipinski definition) is 2. The lowest BCUT2D eigenvalue weighted by Crippen LogP contribution is -2.43. The maximum absolute atomic E-state index is 13.6. The summed E-state index contributed by atoms with van der Waals surface area (Å²) in [5, 5.41) is 5.81. The maximum Gasteiger partial charge on any atom is 0.257 e. The van der Waals surface area contributed by atoms with Gasteiger partial charge in [0.1, 0.15) is 17.2 Å². The van der Waals surface area contributed by atoms with Gasteiger partial charge in [0.2, 0.25) is 0 Å². The third-order valence-corrected chi connectivity index (χ3v) is 3.37. The Morgan fingerprint density at radius 1 is 1.28 bits per heavy atom. The van der Waals surface area contributed by atoms with Gasteiger partial charge >= 0.3 is 0 Å². The molecule has 0 saturated carbocycles. The minimum atomic E-state index is -0.853. The van der Waals surface area contributed by atoms with Crippen molar-refractivity contribution < 1.29 is 13.6 Å². The first-order chi connectivity index (χ1) is 8.58. The van der Waals surface area contributed by atoms with E-state index in [2.05, 4.69) is 26.6 Å². The number of piperidine rings is 1. The van der Waals surface area contributed by atoms with Crippen molar-refractivity contribution in [1.29, 1.82) is 0 Å². The second-order valence-corrected chi connectivity index (χ2v) is 5.16. The first-order valence-corrected chi connectivity index (χ1v) is 6.53. The SMILES string of the molecule is O=C(NC1CCNCC1)c1c(F)cc(Br)cc1F. The molecule has 0 aliphatic carbocycles. The molecule has 18 heavy (non-hydrogen) atoms. The Morgan fingerprint density at radius 3 is 2.39 bits per heavy atom. The molecule has 0 aromatic heterocycles. The Balaban J connectivity index is 2.13. The number of rotatable bonds is 2. The van der Waals surface area contributed by atoms with Crippen LogP contribution in [0, 0.1) is 11.6 Å². The zero-order valence-corrected chi connectivity index (χ0v) is 11.2. The van der Waals surface area contributed by atoms with Gasteiger partial charge in [-0.05, 0) is 38.1 Å². The van der Waals surface area contributed by atoms with Crippen molar-refractivity contribution in [3.63, 3.8) is 0 Å². The average Bonchev–Trinajstić information content (AvgIpc) is 2.28. The number of benzene rings is 1. The van der Waals surface area contributed by atoms with Crippen molar-refractivity contribution in [1.82, 2.24) is 10.6 Å². The lowest BCUT2D eigenvalue weighted by Gasteiger charge is -2.23. The van der Waals surface area contributed by atoms with Crippen LogP contribution < -0.4 is 10.6 Å². The molecule has 0 spiro atoms. The topological polar surface area (TPSA) is 41.1 Å². The Hall–Kier alpha value is -1.01. The summed E-state index contributed by atoms with van der Waals surface area (Å²) in [7, 11) is 0. The van der Waals surface area contributed by atoms with E-state index in [1.165, 1.54) is 0 Å². The fourth-order valence-corrected chi connectivity index (χ4v) is 2.38. The zero-order chi connectivity index (χ0) is 13.1. The molecule has 1 amide bonds. The molecule has 1 heterocycles. The van der Waals surface area contributed by atoms with Gasteiger partial charge in [-0.3, -0.25) is 4.79 Å². The van der Waals surface area contributed by atoms with E-state index in [-0.39, 0.29) is 10.5 Å². The molecule has 3 nitrogen and oxygen atoms in total. The average molecular weight is 319 g/mol. The Labute approximate surface area is 112 Å². The maximum atomic E-state index is 13.6. The summed E-state index contributed by atoms with van der Waals surface area (Å²) < 4.78 is 27.4. The van der Waals surface area contributed by atoms with Crippen LogP contribution in [0.2, 0.25) is 0 Å². The summed E-state index contributed by atoms with van der Waals surface area (Å²) in [6, 6.07) is 2.14. The van der Waals surface area contributed by atoms with Gasteiger partial charge in [-0.1, -0.05) is 15.9 Å². The monoisotopic (exact) mass is 318 g/mol. The van der Waals surface area contributed by atoms with E-state index in [0.717, 1.165) is 38.1 Å². The van der Waals surface area contributed by atoms with Crippen molar-refractivity contribution in [2.45, 2.75) is 18.9 Å². The van der Waals surface area contributed by atoms with Gasteiger partial charge in [0.25, 0.3) is 5.91 Å². The molecule has 6 heteroatoms. The second-order valence-electron chi connectivity index (χ2n) is 4.24. The molecule has 1 aromatic rings. The van der Waals surface area contributed by atoms with Crippen LogP contribution in [0.5, 0.6) is 0 Å². The smallest absolute Gasteiger partial charge is 0.257 e. The number of amides is 1. The van der Waals surface area contributed by atoms with Crippen LogP contribution in [-0.4, -0.2) is 25.0 Å². The minimum absolute atomic E-state index is 0.0267. The van der Waals surface area contributed by atoms with E-state index in [1.807, 2.05) is 0 Å². The number of hydrogen-bond acceptors (Lipinski definition) is 2. The summed E-state index contributed by atoms with van der Waals surface area (Å²) in [5.74, 6) is -2.40. The largest absolute Gasteiger partial charge is 0.349 e. The summed E-state index contributed by atoms with van der Waals surface area (Å²) in [5.41, 5.74) is -0.517. The molecule has 1 aliphatic heterocycles. The van der Waals surface area contributed by atoms with Crippen molar-refractivity contribution >= 4 is 21.8 Å². The van der Waals surface area contributed by atoms with Crippen LogP contribution in [0.25, 0.3) is 0 Å². The molecule has 1 saturated heterocycles. The lowest BCUT2D eigenvalue weighted by molar-refractivity contribution is 0.0921. The Morgan fingerprint density at radius 2 is 1.83 bits per heavy atom. The highest BCUT2D eigenvalue weighted by Crippen LogP contribution is 2.19. The molecule has 98 valence electrons. The number of carbonyl (C=O) groups excluding carboxylic acids is 1. The van der Waals surface area contributed by atoms with Crippen molar-refractivity contribution in [2.24, 2.45) is 0 Å². The highest BCUT2D eigenvalue weighted by atomic mass is 79.9. The van der Waals surface area contributed by atoms with Crippen LogP contribution in [0.3, 0.4) is 0 Å². The fraction of sp³-hybridized carbons (Fsp3) is 0.417. The third kappa shape index (κ3) is 3.05. The van der Waals surface area contributed by atoms with Crippen molar-refractivity contribution in [2.75, 3.05) is 13.1 Å². The molecule has 0 radical (unpaired) electrons. The molecule has 1 aromatic carbocycles. The molecule has 1 aliphatic rings. The first kappa shape index (κ1) is 13.4. The van der Waals surface area contributed by atoms with E-state index >= 15 is 0 Å². The molecular formula is C12H13BrF2N2O. The van der Waals surface area contributed by atoms with Gasteiger partial charge in [0.05, 0.1) is 0 Å². The van der Waals surface area contributed by atoms with Crippen molar-refractivity contribution in [3.8, 4) is 0 Å². The van der Waals surface area contributed by atoms with E-state index in [1.54, 1.807) is 0 Å². The second kappa shape index (κ2) is 5.75. The van der Waals surface area contributed by atoms with Crippen LogP contribution in [-0.2, 0) is 0 Å². The number of carbonyl (C=O) groups is 1. The van der Waals surface area contributed by atoms with Gasteiger partial charge < -0.3 is 10.6 Å². The van der Waals surface area contributed by atoms with Gasteiger partial charge in [-0.25, -0.2) is 8.78 Å². The Kier molecular flexibility index (Phi) is 4.29. The highest BCUT2D eigenvalue weighted by Gasteiger charge is 2.22. The lowest BCUT2D eigenvalue weighted by atomic mass is 10.1. The van der Waals surface area contributed by atoms with Crippen LogP contribution in [0.4, 0.5) is 8.78 Å². The van der Waals surface area contributed by atoms with Crippen molar-refractivity contribution in [3.05, 3.63) is 33.8 Å². The molecule has 0 bridgehead atoms. The van der Waals surface area contributed by atoms with Gasteiger partial charge in [0.15, 0.2) is 0 Å². The first-order valence-electron chi connectivity index (χ1n) is 5.74. The van der Waals surface area contributed by atoms with E-state index < -0.39 is 23.1 Å². The predicted octanol–water partition coefficient (Wildman–Crippen LogP) is 2.21. The van der Waals surface area contributed by atoms with Gasteiger partial charge in [0, 0.05) is 10.5 Å². The summed E-state index contributed by atoms with van der Waals surface area (Å²) in [6.07, 6.45) is 1.54. The minimum Gasteiger partial charge on any atom is -0.349 e. The number of nitrogens with one attached hydrogen (secondary N) is 2. The van der Waals surface area contributed by atoms with Crippen LogP contribution >= 0.6 is 15.9 Å². The molecule has 0 unspecified atom stereocenters. The standard InChI is InChI=1S/C12H13BrF2N2O/c13-7-5-9(14)11(10(15)6-7)12(18)17-8-1-3-16-4-2-8/h5-6,8,16H,1-4H2,(H,17,18). The molecule has 2 rings (SSSR count). The number of halogens is 3. The quantitative estimate of drug-likeness (QED) is 0.877. The predicted molar refractivity (Wildman–Crippen MR) is 67.4 cm³/mol. The van der Waals surface area contributed by atoms with Crippen LogP contribution in [0.1, 0.15) is 23.2 Å².